The maximum Gasteiger partial charge on any atom is 0.249 e. The molecule has 1 fully saturated rings. The molecule has 1 aliphatic heterocycles. The van der Waals surface area contributed by atoms with E-state index in [-0.39, 0.29) is 12.2 Å². The van der Waals surface area contributed by atoms with Crippen molar-refractivity contribution < 1.29 is 18.4 Å². The fourth-order valence-corrected chi connectivity index (χ4v) is 3.62. The van der Waals surface area contributed by atoms with Crippen LogP contribution in [-0.4, -0.2) is 31.2 Å². The highest BCUT2D eigenvalue weighted by molar-refractivity contribution is 7.98. The van der Waals surface area contributed by atoms with Crippen LogP contribution in [0.3, 0.4) is 0 Å². The van der Waals surface area contributed by atoms with E-state index in [1.165, 1.54) is 23.9 Å². The lowest BCUT2D eigenvalue weighted by atomic mass is 10.0. The molecule has 3 rings (SSSR count). The summed E-state index contributed by atoms with van der Waals surface area (Å²) in [6, 6.07) is 9.07. The lowest BCUT2D eigenvalue weighted by molar-refractivity contribution is -0.121. The van der Waals surface area contributed by atoms with Gasteiger partial charge in [-0.05, 0) is 42.0 Å². The Morgan fingerprint density at radius 2 is 1.92 bits per heavy atom. The summed E-state index contributed by atoms with van der Waals surface area (Å²) in [5, 5.41) is 2.37. The Morgan fingerprint density at radius 1 is 1.24 bits per heavy atom. The minimum absolute atomic E-state index is 0.152. The van der Waals surface area contributed by atoms with Crippen molar-refractivity contribution in [2.45, 2.75) is 17.4 Å². The van der Waals surface area contributed by atoms with Crippen molar-refractivity contribution in [2.75, 3.05) is 17.7 Å². The maximum absolute atomic E-state index is 14.6. The predicted octanol–water partition coefficient (Wildman–Crippen LogP) is 3.21. The van der Waals surface area contributed by atoms with Crippen LogP contribution in [0.5, 0.6) is 0 Å². The zero-order valence-corrected chi connectivity index (χ0v) is 14.3. The largest absolute Gasteiger partial charge is 0.347 e. The minimum Gasteiger partial charge on any atom is -0.347 e. The number of thioether (sulfide) groups is 1. The highest BCUT2D eigenvalue weighted by Gasteiger charge is 2.35. The SMILES string of the molecule is CSc1ccccc1-c1cc(F)c(N2CCC(NC=O)C2=O)c(F)c1. The van der Waals surface area contributed by atoms with Crippen molar-refractivity contribution in [3.63, 3.8) is 0 Å². The molecule has 1 N–H and O–H groups in total. The van der Waals surface area contributed by atoms with E-state index in [1.807, 2.05) is 18.4 Å². The second-order valence-electron chi connectivity index (χ2n) is 5.60. The predicted molar refractivity (Wildman–Crippen MR) is 93.5 cm³/mol. The van der Waals surface area contributed by atoms with Gasteiger partial charge in [-0.15, -0.1) is 11.8 Å². The van der Waals surface area contributed by atoms with Gasteiger partial charge in [0.05, 0.1) is 0 Å². The average Bonchev–Trinajstić information content (AvgIpc) is 2.95. The van der Waals surface area contributed by atoms with E-state index in [0.29, 0.717) is 18.4 Å². The number of hydrogen-bond donors (Lipinski definition) is 1. The second kappa shape index (κ2) is 7.23. The summed E-state index contributed by atoms with van der Waals surface area (Å²) in [5.74, 6) is -2.11. The standard InChI is InChI=1S/C18H16F2N2O2S/c1-25-16-5-3-2-4-12(16)11-8-13(19)17(14(20)9-11)22-7-6-15(18(22)24)21-10-23/h2-5,8-10,15H,6-7H2,1H3,(H,21,23). The van der Waals surface area contributed by atoms with Gasteiger partial charge in [-0.2, -0.15) is 0 Å². The Bertz CT molecular complexity index is 805. The number of carbonyl (C=O) groups is 2. The molecule has 2 aromatic rings. The van der Waals surface area contributed by atoms with Crippen molar-refractivity contribution in [1.82, 2.24) is 5.32 Å². The molecular formula is C18H16F2N2O2S. The van der Waals surface area contributed by atoms with Crippen molar-refractivity contribution in [2.24, 2.45) is 0 Å². The van der Waals surface area contributed by atoms with E-state index in [9.17, 15) is 18.4 Å². The molecule has 25 heavy (non-hydrogen) atoms. The van der Waals surface area contributed by atoms with Crippen LogP contribution in [0.25, 0.3) is 11.1 Å². The molecule has 7 heteroatoms. The Labute approximate surface area is 148 Å². The van der Waals surface area contributed by atoms with Gasteiger partial charge in [-0.25, -0.2) is 8.78 Å². The van der Waals surface area contributed by atoms with Gasteiger partial charge in [-0.1, -0.05) is 18.2 Å². The summed E-state index contributed by atoms with van der Waals surface area (Å²) in [6.07, 6.45) is 2.62. The summed E-state index contributed by atoms with van der Waals surface area (Å²) < 4.78 is 29.3. The molecule has 0 radical (unpaired) electrons. The van der Waals surface area contributed by atoms with Crippen molar-refractivity contribution in [3.05, 3.63) is 48.0 Å². The number of rotatable bonds is 5. The molecule has 0 aliphatic carbocycles. The first-order valence-corrected chi connectivity index (χ1v) is 8.92. The third-order valence-corrected chi connectivity index (χ3v) is 4.98. The van der Waals surface area contributed by atoms with Gasteiger partial charge in [0.25, 0.3) is 0 Å². The molecule has 130 valence electrons. The Kier molecular flexibility index (Phi) is 5.03. The normalized spacial score (nSPS) is 17.0. The van der Waals surface area contributed by atoms with Crippen LogP contribution in [0.4, 0.5) is 14.5 Å². The number of nitrogens with zero attached hydrogens (tertiary/aromatic N) is 1. The summed E-state index contributed by atoms with van der Waals surface area (Å²) >= 11 is 1.49. The smallest absolute Gasteiger partial charge is 0.249 e. The number of nitrogens with one attached hydrogen (secondary N) is 1. The van der Waals surface area contributed by atoms with Gasteiger partial charge >= 0.3 is 0 Å². The molecule has 0 aromatic heterocycles. The topological polar surface area (TPSA) is 49.4 Å². The zero-order chi connectivity index (χ0) is 18.0. The summed E-state index contributed by atoms with van der Waals surface area (Å²) in [4.78, 5) is 24.7. The third-order valence-electron chi connectivity index (χ3n) is 4.18. The quantitative estimate of drug-likeness (QED) is 0.656. The molecule has 1 atom stereocenters. The Morgan fingerprint density at radius 3 is 2.56 bits per heavy atom. The molecule has 1 unspecified atom stereocenters. The lowest BCUT2D eigenvalue weighted by Crippen LogP contribution is -2.38. The average molecular weight is 362 g/mol. The molecule has 1 heterocycles. The molecular weight excluding hydrogens is 346 g/mol. The molecule has 0 bridgehead atoms. The lowest BCUT2D eigenvalue weighted by Gasteiger charge is -2.19. The van der Waals surface area contributed by atoms with Gasteiger partial charge in [0.1, 0.15) is 11.7 Å². The summed E-state index contributed by atoms with van der Waals surface area (Å²) in [7, 11) is 0. The van der Waals surface area contributed by atoms with E-state index in [2.05, 4.69) is 5.32 Å². The van der Waals surface area contributed by atoms with Gasteiger partial charge in [0, 0.05) is 11.4 Å². The van der Waals surface area contributed by atoms with Crippen molar-refractivity contribution >= 4 is 29.8 Å². The summed E-state index contributed by atoms with van der Waals surface area (Å²) in [5.41, 5.74) is 0.774. The fraction of sp³-hybridized carbons (Fsp3) is 0.222. The van der Waals surface area contributed by atoms with Gasteiger partial charge in [-0.3, -0.25) is 9.59 Å². The maximum atomic E-state index is 14.6. The molecule has 0 saturated carbocycles. The third kappa shape index (κ3) is 3.24. The summed E-state index contributed by atoms with van der Waals surface area (Å²) in [6.45, 7) is 0.152. The first kappa shape index (κ1) is 17.4. The van der Waals surface area contributed by atoms with Crippen molar-refractivity contribution in [3.8, 4) is 11.1 Å². The molecule has 1 saturated heterocycles. The Balaban J connectivity index is 1.99. The van der Waals surface area contributed by atoms with Crippen LogP contribution in [0, 0.1) is 11.6 Å². The van der Waals surface area contributed by atoms with E-state index >= 15 is 0 Å². The van der Waals surface area contributed by atoms with Gasteiger partial charge in [0.2, 0.25) is 12.3 Å². The van der Waals surface area contributed by atoms with E-state index in [4.69, 9.17) is 0 Å². The first-order chi connectivity index (χ1) is 12.1. The number of hydrogen-bond acceptors (Lipinski definition) is 3. The molecule has 1 aliphatic rings. The molecule has 2 aromatic carbocycles. The van der Waals surface area contributed by atoms with Crippen LogP contribution >= 0.6 is 11.8 Å². The van der Waals surface area contributed by atoms with Crippen molar-refractivity contribution in [1.29, 1.82) is 0 Å². The van der Waals surface area contributed by atoms with Crippen LogP contribution in [0.15, 0.2) is 41.3 Å². The first-order valence-electron chi connectivity index (χ1n) is 7.70. The highest BCUT2D eigenvalue weighted by atomic mass is 32.2. The number of halogens is 2. The van der Waals surface area contributed by atoms with Crippen LogP contribution < -0.4 is 10.2 Å². The van der Waals surface area contributed by atoms with E-state index < -0.39 is 23.6 Å². The van der Waals surface area contributed by atoms with E-state index in [1.54, 1.807) is 12.1 Å². The Hall–Kier alpha value is -2.41. The number of carbonyl (C=O) groups excluding carboxylic acids is 2. The van der Waals surface area contributed by atoms with Crippen LogP contribution in [0.2, 0.25) is 0 Å². The molecule has 4 nitrogen and oxygen atoms in total. The monoisotopic (exact) mass is 362 g/mol. The number of benzene rings is 2. The van der Waals surface area contributed by atoms with Crippen LogP contribution in [-0.2, 0) is 9.59 Å². The van der Waals surface area contributed by atoms with Gasteiger partial charge in [0.15, 0.2) is 11.6 Å². The van der Waals surface area contributed by atoms with E-state index in [0.717, 1.165) is 15.4 Å². The molecule has 2 amide bonds. The number of amides is 2. The fourth-order valence-electron chi connectivity index (χ4n) is 3.00. The highest BCUT2D eigenvalue weighted by Crippen LogP contribution is 2.35. The minimum atomic E-state index is -0.800. The second-order valence-corrected chi connectivity index (χ2v) is 6.45. The van der Waals surface area contributed by atoms with Crippen LogP contribution in [0.1, 0.15) is 6.42 Å². The number of anilines is 1. The molecule has 0 spiro atoms. The zero-order valence-electron chi connectivity index (χ0n) is 13.5. The van der Waals surface area contributed by atoms with Gasteiger partial charge < -0.3 is 10.2 Å².